The molecule has 3 aromatic rings. The fourth-order valence-electron chi connectivity index (χ4n) is 2.58. The minimum absolute atomic E-state index is 0.0178. The maximum atomic E-state index is 12.4. The second-order valence-corrected chi connectivity index (χ2v) is 6.50. The summed E-state index contributed by atoms with van der Waals surface area (Å²) in [6.45, 7) is 4.03. The molecule has 0 saturated heterocycles. The maximum Gasteiger partial charge on any atom is 0.339 e. The van der Waals surface area contributed by atoms with Crippen LogP contribution < -0.4 is 5.32 Å². The van der Waals surface area contributed by atoms with E-state index in [9.17, 15) is 9.59 Å². The molecular formula is C17H16N4O3S. The number of benzene rings is 1. The van der Waals surface area contributed by atoms with Gasteiger partial charge in [0.15, 0.2) is 5.13 Å². The summed E-state index contributed by atoms with van der Waals surface area (Å²) in [4.78, 5) is 28.0. The zero-order valence-electron chi connectivity index (χ0n) is 13.9. The fourth-order valence-corrected chi connectivity index (χ4v) is 3.28. The van der Waals surface area contributed by atoms with Crippen LogP contribution in [0.3, 0.4) is 0 Å². The molecule has 25 heavy (non-hydrogen) atoms. The molecule has 0 aliphatic rings. The van der Waals surface area contributed by atoms with Crippen molar-refractivity contribution in [1.82, 2.24) is 14.8 Å². The van der Waals surface area contributed by atoms with E-state index < -0.39 is 11.9 Å². The van der Waals surface area contributed by atoms with Gasteiger partial charge in [0.25, 0.3) is 5.91 Å². The number of hydrogen-bond donors (Lipinski definition) is 2. The average molecular weight is 356 g/mol. The Hall–Kier alpha value is -3.00. The number of thiazole rings is 1. The summed E-state index contributed by atoms with van der Waals surface area (Å²) in [5, 5.41) is 17.9. The van der Waals surface area contributed by atoms with Crippen molar-refractivity contribution in [3.8, 4) is 11.3 Å². The number of aromatic carboxylic acids is 1. The van der Waals surface area contributed by atoms with Gasteiger partial charge in [0.2, 0.25) is 0 Å². The van der Waals surface area contributed by atoms with Gasteiger partial charge in [-0.3, -0.25) is 14.8 Å². The maximum absolute atomic E-state index is 12.4. The highest BCUT2D eigenvalue weighted by molar-refractivity contribution is 7.14. The Morgan fingerprint density at radius 1 is 1.28 bits per heavy atom. The van der Waals surface area contributed by atoms with Crippen molar-refractivity contribution in [3.63, 3.8) is 0 Å². The lowest BCUT2D eigenvalue weighted by molar-refractivity contribution is 0.0692. The van der Waals surface area contributed by atoms with E-state index in [2.05, 4.69) is 21.5 Å². The number of aromatic nitrogens is 3. The summed E-state index contributed by atoms with van der Waals surface area (Å²) >= 11 is 1.28. The predicted molar refractivity (Wildman–Crippen MR) is 95.1 cm³/mol. The minimum atomic E-state index is -1.20. The molecule has 0 aliphatic carbocycles. The number of rotatable bonds is 4. The van der Waals surface area contributed by atoms with Crippen molar-refractivity contribution in [2.24, 2.45) is 7.05 Å². The van der Waals surface area contributed by atoms with Crippen molar-refractivity contribution in [1.29, 1.82) is 0 Å². The van der Waals surface area contributed by atoms with E-state index in [1.807, 2.05) is 31.4 Å². The van der Waals surface area contributed by atoms with Crippen LogP contribution in [-0.2, 0) is 7.05 Å². The zero-order valence-corrected chi connectivity index (χ0v) is 14.7. The second kappa shape index (κ2) is 6.48. The minimum Gasteiger partial charge on any atom is -0.478 e. The largest absolute Gasteiger partial charge is 0.478 e. The number of carbonyl (C=O) groups excluding carboxylic acids is 1. The number of carboxylic acids is 1. The van der Waals surface area contributed by atoms with Crippen LogP contribution in [0.5, 0.6) is 0 Å². The van der Waals surface area contributed by atoms with E-state index in [0.29, 0.717) is 5.13 Å². The highest BCUT2D eigenvalue weighted by atomic mass is 32.1. The summed E-state index contributed by atoms with van der Waals surface area (Å²) in [5.41, 5.74) is 3.86. The third kappa shape index (κ3) is 3.29. The molecule has 2 N–H and O–H groups in total. The Balaban J connectivity index is 1.86. The smallest absolute Gasteiger partial charge is 0.339 e. The van der Waals surface area contributed by atoms with Crippen LogP contribution in [0, 0.1) is 13.8 Å². The zero-order chi connectivity index (χ0) is 18.1. The summed E-state index contributed by atoms with van der Waals surface area (Å²) in [7, 11) is 1.52. The van der Waals surface area contributed by atoms with Gasteiger partial charge in [-0.2, -0.15) is 5.10 Å². The Kier molecular flexibility index (Phi) is 4.37. The van der Waals surface area contributed by atoms with Crippen molar-refractivity contribution < 1.29 is 14.7 Å². The molecule has 0 aliphatic heterocycles. The SMILES string of the molecule is Cc1ccc(-c2csc(NC(=O)c3c(C(=O)O)cnn3C)n2)c(C)c1. The summed E-state index contributed by atoms with van der Waals surface area (Å²) < 4.78 is 1.23. The van der Waals surface area contributed by atoms with Gasteiger partial charge in [-0.15, -0.1) is 11.3 Å². The number of carbonyl (C=O) groups is 2. The van der Waals surface area contributed by atoms with Crippen LogP contribution in [0.15, 0.2) is 29.8 Å². The molecule has 7 nitrogen and oxygen atoms in total. The summed E-state index contributed by atoms with van der Waals surface area (Å²) in [6, 6.07) is 6.07. The number of hydrogen-bond acceptors (Lipinski definition) is 5. The van der Waals surface area contributed by atoms with Crippen molar-refractivity contribution in [3.05, 3.63) is 52.2 Å². The summed E-state index contributed by atoms with van der Waals surface area (Å²) in [5.74, 6) is -1.76. The number of amides is 1. The van der Waals surface area contributed by atoms with Gasteiger partial charge in [-0.05, 0) is 19.4 Å². The van der Waals surface area contributed by atoms with Gasteiger partial charge < -0.3 is 5.11 Å². The first-order valence-electron chi connectivity index (χ1n) is 7.46. The third-order valence-corrected chi connectivity index (χ3v) is 4.52. The topological polar surface area (TPSA) is 97.1 Å². The number of nitrogens with zero attached hydrogens (tertiary/aromatic N) is 3. The van der Waals surface area contributed by atoms with Crippen molar-refractivity contribution >= 4 is 28.3 Å². The molecule has 2 heterocycles. The van der Waals surface area contributed by atoms with Gasteiger partial charge in [-0.25, -0.2) is 9.78 Å². The lowest BCUT2D eigenvalue weighted by Gasteiger charge is -2.05. The normalized spacial score (nSPS) is 10.7. The highest BCUT2D eigenvalue weighted by Crippen LogP contribution is 2.28. The molecule has 0 atom stereocenters. The van der Waals surface area contributed by atoms with Crippen molar-refractivity contribution in [2.75, 3.05) is 5.32 Å². The molecule has 128 valence electrons. The molecule has 0 spiro atoms. The molecule has 0 saturated carbocycles. The van der Waals surface area contributed by atoms with E-state index >= 15 is 0 Å². The Morgan fingerprint density at radius 3 is 2.72 bits per heavy atom. The lowest BCUT2D eigenvalue weighted by atomic mass is 10.0. The number of carboxylic acid groups (broad SMARTS) is 1. The Bertz CT molecular complexity index is 974. The first-order valence-corrected chi connectivity index (χ1v) is 8.34. The van der Waals surface area contributed by atoms with E-state index in [1.165, 1.54) is 28.6 Å². The quantitative estimate of drug-likeness (QED) is 0.748. The van der Waals surface area contributed by atoms with Crippen molar-refractivity contribution in [2.45, 2.75) is 13.8 Å². The van der Waals surface area contributed by atoms with Crippen LogP contribution in [0.25, 0.3) is 11.3 Å². The Labute approximate surface area is 148 Å². The monoisotopic (exact) mass is 356 g/mol. The second-order valence-electron chi connectivity index (χ2n) is 5.65. The molecule has 0 fully saturated rings. The third-order valence-electron chi connectivity index (χ3n) is 3.77. The molecular weight excluding hydrogens is 340 g/mol. The molecule has 8 heteroatoms. The summed E-state index contributed by atoms with van der Waals surface area (Å²) in [6.07, 6.45) is 1.15. The first kappa shape index (κ1) is 16.8. The number of nitrogens with one attached hydrogen (secondary N) is 1. The van der Waals surface area contributed by atoms with Crippen LogP contribution >= 0.6 is 11.3 Å². The fraction of sp³-hybridized carbons (Fsp3) is 0.176. The molecule has 0 radical (unpaired) electrons. The predicted octanol–water partition coefficient (Wildman–Crippen LogP) is 3.11. The van der Waals surface area contributed by atoms with Gasteiger partial charge in [0, 0.05) is 18.0 Å². The number of aryl methyl sites for hydroxylation is 3. The van der Waals surface area contributed by atoms with Gasteiger partial charge in [0.05, 0.1) is 11.9 Å². The van der Waals surface area contributed by atoms with Crippen LogP contribution in [-0.4, -0.2) is 31.7 Å². The van der Waals surface area contributed by atoms with Crippen LogP contribution in [0.1, 0.15) is 32.0 Å². The average Bonchev–Trinajstić information content (AvgIpc) is 3.14. The van der Waals surface area contributed by atoms with E-state index in [-0.39, 0.29) is 11.3 Å². The van der Waals surface area contributed by atoms with E-state index in [0.717, 1.165) is 23.0 Å². The lowest BCUT2D eigenvalue weighted by Crippen LogP contribution is -2.19. The molecule has 2 aromatic heterocycles. The standard InChI is InChI=1S/C17H16N4O3S/c1-9-4-5-11(10(2)6-9)13-8-25-17(19-13)20-15(22)14-12(16(23)24)7-18-21(14)3/h4-8H,1-3H3,(H,23,24)(H,19,20,22). The molecule has 0 bridgehead atoms. The molecule has 0 unspecified atom stereocenters. The van der Waals surface area contributed by atoms with Crippen LogP contribution in [0.2, 0.25) is 0 Å². The molecule has 3 rings (SSSR count). The highest BCUT2D eigenvalue weighted by Gasteiger charge is 2.22. The van der Waals surface area contributed by atoms with Gasteiger partial charge in [-0.1, -0.05) is 23.8 Å². The molecule has 1 aromatic carbocycles. The van der Waals surface area contributed by atoms with Gasteiger partial charge in [0.1, 0.15) is 11.3 Å². The van der Waals surface area contributed by atoms with E-state index in [4.69, 9.17) is 5.11 Å². The molecule has 1 amide bonds. The Morgan fingerprint density at radius 2 is 2.04 bits per heavy atom. The van der Waals surface area contributed by atoms with Crippen LogP contribution in [0.4, 0.5) is 5.13 Å². The first-order chi connectivity index (χ1) is 11.9. The van der Waals surface area contributed by atoms with E-state index in [1.54, 1.807) is 0 Å². The van der Waals surface area contributed by atoms with Gasteiger partial charge >= 0.3 is 5.97 Å². The number of anilines is 1.